The summed E-state index contributed by atoms with van der Waals surface area (Å²) >= 11 is 0. The van der Waals surface area contributed by atoms with Gasteiger partial charge in [-0.1, -0.05) is 36.9 Å². The summed E-state index contributed by atoms with van der Waals surface area (Å²) in [5.41, 5.74) is 0.748. The Bertz CT molecular complexity index is 442. The number of benzene rings is 1. The zero-order valence-corrected chi connectivity index (χ0v) is 9.89. The van der Waals surface area contributed by atoms with Crippen LogP contribution in [0.1, 0.15) is 11.6 Å². The Hall–Kier alpha value is -1.17. The van der Waals surface area contributed by atoms with Crippen LogP contribution in [0.25, 0.3) is 0 Å². The lowest BCUT2D eigenvalue weighted by molar-refractivity contribution is 0.205. The van der Waals surface area contributed by atoms with Crippen LogP contribution in [0.2, 0.25) is 0 Å². The standard InChI is InChI=1S/C11H15NO3S/c1-3-16(14,15)12(2)11(9-13)10-7-5-4-6-8-10/h3-8,11,13H,1,9H2,2H3. The van der Waals surface area contributed by atoms with Gasteiger partial charge in [-0.2, -0.15) is 4.31 Å². The van der Waals surface area contributed by atoms with Gasteiger partial charge in [0.15, 0.2) is 0 Å². The van der Waals surface area contributed by atoms with Gasteiger partial charge in [-0.25, -0.2) is 8.42 Å². The van der Waals surface area contributed by atoms with E-state index >= 15 is 0 Å². The molecule has 5 heteroatoms. The minimum atomic E-state index is -3.52. The van der Waals surface area contributed by atoms with Crippen LogP contribution in [0.4, 0.5) is 0 Å². The lowest BCUT2D eigenvalue weighted by atomic mass is 10.1. The maximum atomic E-state index is 11.6. The fraction of sp³-hybridized carbons (Fsp3) is 0.273. The first kappa shape index (κ1) is 12.9. The molecular formula is C11H15NO3S. The number of aliphatic hydroxyl groups excluding tert-OH is 1. The van der Waals surface area contributed by atoms with E-state index in [-0.39, 0.29) is 6.61 Å². The van der Waals surface area contributed by atoms with Crippen molar-refractivity contribution >= 4 is 10.0 Å². The molecule has 0 aliphatic heterocycles. The van der Waals surface area contributed by atoms with Crippen LogP contribution < -0.4 is 0 Å². The quantitative estimate of drug-likeness (QED) is 0.840. The molecular weight excluding hydrogens is 226 g/mol. The zero-order chi connectivity index (χ0) is 12.2. The van der Waals surface area contributed by atoms with Crippen molar-refractivity contribution in [2.45, 2.75) is 6.04 Å². The molecule has 1 aromatic rings. The summed E-state index contributed by atoms with van der Waals surface area (Å²) in [6.07, 6.45) is 0. The Balaban J connectivity index is 3.05. The van der Waals surface area contributed by atoms with Crippen LogP contribution in [-0.2, 0) is 10.0 Å². The SMILES string of the molecule is C=CS(=O)(=O)N(C)C(CO)c1ccccc1. The normalized spacial score (nSPS) is 13.7. The summed E-state index contributed by atoms with van der Waals surface area (Å²) < 4.78 is 24.2. The van der Waals surface area contributed by atoms with Crippen molar-refractivity contribution in [3.8, 4) is 0 Å². The highest BCUT2D eigenvalue weighted by Crippen LogP contribution is 2.21. The van der Waals surface area contributed by atoms with Gasteiger partial charge in [0, 0.05) is 12.5 Å². The number of sulfonamides is 1. The Kier molecular flexibility index (Phi) is 4.23. The van der Waals surface area contributed by atoms with Crippen LogP contribution in [0.3, 0.4) is 0 Å². The fourth-order valence-corrected chi connectivity index (χ4v) is 2.18. The van der Waals surface area contributed by atoms with E-state index < -0.39 is 16.1 Å². The van der Waals surface area contributed by atoms with Crippen LogP contribution in [0.5, 0.6) is 0 Å². The molecule has 0 fully saturated rings. The maximum Gasteiger partial charge on any atom is 0.236 e. The van der Waals surface area contributed by atoms with Crippen molar-refractivity contribution < 1.29 is 13.5 Å². The van der Waals surface area contributed by atoms with E-state index in [0.717, 1.165) is 15.3 Å². The molecule has 88 valence electrons. The number of hydrogen-bond donors (Lipinski definition) is 1. The lowest BCUT2D eigenvalue weighted by Gasteiger charge is -2.24. The van der Waals surface area contributed by atoms with Crippen LogP contribution in [0, 0.1) is 0 Å². The molecule has 0 bridgehead atoms. The number of hydrogen-bond acceptors (Lipinski definition) is 3. The summed E-state index contributed by atoms with van der Waals surface area (Å²) in [7, 11) is -2.10. The van der Waals surface area contributed by atoms with Gasteiger partial charge in [-0.05, 0) is 5.56 Å². The molecule has 16 heavy (non-hydrogen) atoms. The van der Waals surface area contributed by atoms with Gasteiger partial charge in [0.25, 0.3) is 0 Å². The van der Waals surface area contributed by atoms with Gasteiger partial charge >= 0.3 is 0 Å². The highest BCUT2D eigenvalue weighted by molar-refractivity contribution is 7.92. The van der Waals surface area contributed by atoms with E-state index in [0.29, 0.717) is 0 Å². The minimum absolute atomic E-state index is 0.270. The lowest BCUT2D eigenvalue weighted by Crippen LogP contribution is -2.31. The molecule has 1 atom stereocenters. The largest absolute Gasteiger partial charge is 0.394 e. The van der Waals surface area contributed by atoms with E-state index in [1.165, 1.54) is 7.05 Å². The van der Waals surface area contributed by atoms with E-state index in [9.17, 15) is 13.5 Å². The first-order valence-corrected chi connectivity index (χ1v) is 6.29. The number of aliphatic hydroxyl groups is 1. The average molecular weight is 241 g/mol. The van der Waals surface area contributed by atoms with Gasteiger partial charge in [-0.3, -0.25) is 0 Å². The summed E-state index contributed by atoms with van der Waals surface area (Å²) in [4.78, 5) is 0. The molecule has 0 amide bonds. The third kappa shape index (κ3) is 2.69. The van der Waals surface area contributed by atoms with E-state index in [1.807, 2.05) is 6.07 Å². The zero-order valence-electron chi connectivity index (χ0n) is 9.07. The second-order valence-electron chi connectivity index (χ2n) is 3.34. The monoisotopic (exact) mass is 241 g/mol. The molecule has 1 unspecified atom stereocenters. The summed E-state index contributed by atoms with van der Waals surface area (Å²) in [5, 5.41) is 10.1. The molecule has 0 heterocycles. The van der Waals surface area contributed by atoms with Crippen molar-refractivity contribution in [3.63, 3.8) is 0 Å². The van der Waals surface area contributed by atoms with Crippen molar-refractivity contribution in [2.75, 3.05) is 13.7 Å². The molecule has 0 radical (unpaired) electrons. The first-order valence-electron chi connectivity index (χ1n) is 4.79. The topological polar surface area (TPSA) is 57.6 Å². The van der Waals surface area contributed by atoms with E-state index in [2.05, 4.69) is 6.58 Å². The highest BCUT2D eigenvalue weighted by Gasteiger charge is 2.24. The van der Waals surface area contributed by atoms with Gasteiger partial charge in [0.2, 0.25) is 10.0 Å². The predicted octanol–water partition coefficient (Wildman–Crippen LogP) is 1.13. The van der Waals surface area contributed by atoms with Crippen molar-refractivity contribution in [2.24, 2.45) is 0 Å². The molecule has 0 aliphatic rings. The average Bonchev–Trinajstić information content (AvgIpc) is 2.31. The third-order valence-electron chi connectivity index (χ3n) is 2.41. The number of rotatable bonds is 5. The second-order valence-corrected chi connectivity index (χ2v) is 5.28. The van der Waals surface area contributed by atoms with Crippen LogP contribution >= 0.6 is 0 Å². The molecule has 0 saturated heterocycles. The highest BCUT2D eigenvalue weighted by atomic mass is 32.2. The van der Waals surface area contributed by atoms with Gasteiger partial charge in [0.05, 0.1) is 12.6 Å². The second kappa shape index (κ2) is 5.25. The van der Waals surface area contributed by atoms with Crippen LogP contribution in [0.15, 0.2) is 42.3 Å². The Morgan fingerprint density at radius 1 is 1.44 bits per heavy atom. The molecule has 0 aromatic heterocycles. The van der Waals surface area contributed by atoms with Crippen LogP contribution in [-0.4, -0.2) is 31.5 Å². The number of likely N-dealkylation sites (N-methyl/N-ethyl adjacent to an activating group) is 1. The molecule has 1 aromatic carbocycles. The molecule has 4 nitrogen and oxygen atoms in total. The van der Waals surface area contributed by atoms with E-state index in [1.54, 1.807) is 24.3 Å². The molecule has 0 spiro atoms. The van der Waals surface area contributed by atoms with Crippen molar-refractivity contribution in [1.82, 2.24) is 4.31 Å². The molecule has 1 N–H and O–H groups in total. The predicted molar refractivity (Wildman–Crippen MR) is 63.1 cm³/mol. The third-order valence-corrected chi connectivity index (χ3v) is 3.89. The molecule has 1 rings (SSSR count). The Labute approximate surface area is 95.9 Å². The van der Waals surface area contributed by atoms with Crippen molar-refractivity contribution in [1.29, 1.82) is 0 Å². The summed E-state index contributed by atoms with van der Waals surface area (Å²) in [5.74, 6) is 0. The Morgan fingerprint density at radius 3 is 2.44 bits per heavy atom. The first-order chi connectivity index (χ1) is 7.53. The summed E-state index contributed by atoms with van der Waals surface area (Å²) in [6.45, 7) is 2.98. The smallest absolute Gasteiger partial charge is 0.236 e. The van der Waals surface area contributed by atoms with Crippen molar-refractivity contribution in [3.05, 3.63) is 47.9 Å². The Morgan fingerprint density at radius 2 is 2.00 bits per heavy atom. The summed E-state index contributed by atoms with van der Waals surface area (Å²) in [6, 6.07) is 8.40. The van der Waals surface area contributed by atoms with Gasteiger partial charge in [-0.15, -0.1) is 0 Å². The maximum absolute atomic E-state index is 11.6. The van der Waals surface area contributed by atoms with Gasteiger partial charge < -0.3 is 5.11 Å². The van der Waals surface area contributed by atoms with Gasteiger partial charge in [0.1, 0.15) is 0 Å². The number of nitrogens with zero attached hydrogens (tertiary/aromatic N) is 1. The van der Waals surface area contributed by atoms with E-state index in [4.69, 9.17) is 0 Å². The molecule has 0 saturated carbocycles. The minimum Gasteiger partial charge on any atom is -0.394 e. The fourth-order valence-electron chi connectivity index (χ4n) is 1.40. The molecule has 0 aliphatic carbocycles.